The van der Waals surface area contributed by atoms with Gasteiger partial charge < -0.3 is 15.5 Å². The Morgan fingerprint density at radius 1 is 0.912 bits per heavy atom. The molecule has 2 amide bonds. The highest BCUT2D eigenvalue weighted by atomic mass is 32.2. The fraction of sp³-hybridized carbons (Fsp3) is 0.259. The number of thioether (sulfide) groups is 1. The van der Waals surface area contributed by atoms with Gasteiger partial charge in [-0.1, -0.05) is 42.5 Å². The second-order valence-corrected chi connectivity index (χ2v) is 9.88. The van der Waals surface area contributed by atoms with Crippen molar-refractivity contribution in [1.82, 2.24) is 4.90 Å². The molecule has 1 fully saturated rings. The number of hydrogen-bond donors (Lipinski definition) is 2. The van der Waals surface area contributed by atoms with Crippen molar-refractivity contribution in [3.63, 3.8) is 0 Å². The highest BCUT2D eigenvalue weighted by Crippen LogP contribution is 2.36. The van der Waals surface area contributed by atoms with Crippen LogP contribution in [0.2, 0.25) is 0 Å². The van der Waals surface area contributed by atoms with Gasteiger partial charge in [0.2, 0.25) is 11.8 Å². The van der Waals surface area contributed by atoms with E-state index in [1.165, 1.54) is 17.3 Å². The zero-order valence-electron chi connectivity index (χ0n) is 18.9. The third-order valence-electron chi connectivity index (χ3n) is 6.21. The molecule has 3 aromatic carbocycles. The van der Waals surface area contributed by atoms with Crippen molar-refractivity contribution in [2.45, 2.75) is 23.1 Å². The number of carbonyl (C=O) groups excluding carboxylic acids is 2. The second kappa shape index (κ2) is 10.3. The highest BCUT2D eigenvalue weighted by molar-refractivity contribution is 8.01. The minimum Gasteiger partial charge on any atom is -0.369 e. The lowest BCUT2D eigenvalue weighted by Gasteiger charge is -2.36. The first-order valence-corrected chi connectivity index (χ1v) is 12.5. The summed E-state index contributed by atoms with van der Waals surface area (Å²) in [5.74, 6) is -0.282. The van der Waals surface area contributed by atoms with Crippen LogP contribution in [0.3, 0.4) is 0 Å². The Morgan fingerprint density at radius 2 is 1.62 bits per heavy atom. The van der Waals surface area contributed by atoms with Crippen LogP contribution in [-0.4, -0.2) is 48.1 Å². The van der Waals surface area contributed by atoms with Gasteiger partial charge in [-0.05, 0) is 42.0 Å². The standard InChI is InChI=1S/C27H28N4O2S/c32-26(18-25-27(33)29-23-8-4-5-9-24(23)34-25)28-21-10-12-22(13-11-21)31-16-14-30(15-17-31)19-20-6-2-1-3-7-20/h1-13,25H,14-19H2,(H,28,32)(H,29,33)/t25-/m0/s1. The molecule has 5 rings (SSSR count). The average molecular weight is 473 g/mol. The molecule has 0 unspecified atom stereocenters. The number of hydrogen-bond acceptors (Lipinski definition) is 5. The smallest absolute Gasteiger partial charge is 0.238 e. The Kier molecular flexibility index (Phi) is 6.83. The molecule has 2 heterocycles. The van der Waals surface area contributed by atoms with Crippen molar-refractivity contribution >= 4 is 40.6 Å². The lowest BCUT2D eigenvalue weighted by atomic mass is 10.2. The van der Waals surface area contributed by atoms with Crippen molar-refractivity contribution in [1.29, 1.82) is 0 Å². The molecule has 7 heteroatoms. The van der Waals surface area contributed by atoms with Gasteiger partial charge in [-0.25, -0.2) is 0 Å². The normalized spacial score (nSPS) is 18.2. The maximum Gasteiger partial charge on any atom is 0.238 e. The molecule has 1 atom stereocenters. The van der Waals surface area contributed by atoms with Gasteiger partial charge in [-0.15, -0.1) is 11.8 Å². The van der Waals surface area contributed by atoms with Gasteiger partial charge in [0.25, 0.3) is 0 Å². The second-order valence-electron chi connectivity index (χ2n) is 8.64. The van der Waals surface area contributed by atoms with E-state index in [1.807, 2.05) is 36.4 Å². The average Bonchev–Trinajstić information content (AvgIpc) is 2.86. The number of fused-ring (bicyclic) bond motifs is 1. The number of benzene rings is 3. The SMILES string of the molecule is O=C(C[C@@H]1Sc2ccccc2NC1=O)Nc1ccc(N2CCN(Cc3ccccc3)CC2)cc1. The number of piperazine rings is 1. The molecule has 1 saturated heterocycles. The number of amides is 2. The number of anilines is 3. The maximum absolute atomic E-state index is 12.6. The quantitative estimate of drug-likeness (QED) is 0.555. The molecule has 0 bridgehead atoms. The van der Waals surface area contributed by atoms with Crippen LogP contribution in [0.15, 0.2) is 83.8 Å². The van der Waals surface area contributed by atoms with Crippen LogP contribution in [0.4, 0.5) is 17.1 Å². The fourth-order valence-electron chi connectivity index (χ4n) is 4.37. The molecule has 0 radical (unpaired) electrons. The highest BCUT2D eigenvalue weighted by Gasteiger charge is 2.28. The molecule has 6 nitrogen and oxygen atoms in total. The summed E-state index contributed by atoms with van der Waals surface area (Å²) in [5.41, 5.74) is 4.07. The van der Waals surface area contributed by atoms with Crippen LogP contribution in [0.25, 0.3) is 0 Å². The van der Waals surface area contributed by atoms with Gasteiger partial charge >= 0.3 is 0 Å². The van der Waals surface area contributed by atoms with Gasteiger partial charge in [0.1, 0.15) is 0 Å². The van der Waals surface area contributed by atoms with Crippen LogP contribution < -0.4 is 15.5 Å². The first-order valence-electron chi connectivity index (χ1n) is 11.6. The number of rotatable bonds is 6. The van der Waals surface area contributed by atoms with Crippen LogP contribution in [0.1, 0.15) is 12.0 Å². The van der Waals surface area contributed by atoms with E-state index >= 15 is 0 Å². The van der Waals surface area contributed by atoms with Crippen LogP contribution in [-0.2, 0) is 16.1 Å². The summed E-state index contributed by atoms with van der Waals surface area (Å²) in [7, 11) is 0. The molecule has 174 valence electrons. The summed E-state index contributed by atoms with van der Waals surface area (Å²) in [5, 5.41) is 5.40. The van der Waals surface area contributed by atoms with Gasteiger partial charge in [0.05, 0.1) is 10.9 Å². The van der Waals surface area contributed by atoms with Crippen LogP contribution >= 0.6 is 11.8 Å². The summed E-state index contributed by atoms with van der Waals surface area (Å²) < 4.78 is 0. The Balaban J connectivity index is 1.11. The van der Waals surface area contributed by atoms with E-state index in [-0.39, 0.29) is 18.2 Å². The molecule has 0 saturated carbocycles. The molecule has 3 aromatic rings. The molecular weight excluding hydrogens is 444 g/mol. The minimum atomic E-state index is -0.429. The number of para-hydroxylation sites is 1. The van der Waals surface area contributed by atoms with Gasteiger partial charge in [0, 0.05) is 55.4 Å². The summed E-state index contributed by atoms with van der Waals surface area (Å²) in [4.78, 5) is 30.8. The summed E-state index contributed by atoms with van der Waals surface area (Å²) in [6.07, 6.45) is 0.135. The molecule has 0 aromatic heterocycles. The van der Waals surface area contributed by atoms with E-state index in [0.29, 0.717) is 0 Å². The molecule has 2 aliphatic heterocycles. The predicted octanol–water partition coefficient (Wildman–Crippen LogP) is 4.45. The molecule has 0 spiro atoms. The van der Waals surface area contributed by atoms with Crippen molar-refractivity contribution in [3.05, 3.63) is 84.4 Å². The lowest BCUT2D eigenvalue weighted by molar-refractivity contribution is -0.120. The van der Waals surface area contributed by atoms with Crippen molar-refractivity contribution in [2.24, 2.45) is 0 Å². The molecular formula is C27H28N4O2S. The van der Waals surface area contributed by atoms with Gasteiger partial charge in [-0.2, -0.15) is 0 Å². The van der Waals surface area contributed by atoms with Gasteiger partial charge in [0.15, 0.2) is 0 Å². The summed E-state index contributed by atoms with van der Waals surface area (Å²) in [6.45, 7) is 5.00. The molecule has 2 N–H and O–H groups in total. The zero-order valence-corrected chi connectivity index (χ0v) is 19.8. The Labute approximate surface area is 204 Å². The Morgan fingerprint density at radius 3 is 2.38 bits per heavy atom. The first-order chi connectivity index (χ1) is 16.6. The molecule has 2 aliphatic rings. The first kappa shape index (κ1) is 22.5. The number of nitrogens with one attached hydrogen (secondary N) is 2. The van der Waals surface area contributed by atoms with E-state index in [4.69, 9.17) is 0 Å². The van der Waals surface area contributed by atoms with E-state index in [0.717, 1.165) is 54.7 Å². The van der Waals surface area contributed by atoms with Crippen molar-refractivity contribution in [2.75, 3.05) is 41.7 Å². The monoisotopic (exact) mass is 472 g/mol. The topological polar surface area (TPSA) is 64.7 Å². The third kappa shape index (κ3) is 5.43. The predicted molar refractivity (Wildman–Crippen MR) is 138 cm³/mol. The Bertz CT molecular complexity index is 1140. The van der Waals surface area contributed by atoms with Crippen molar-refractivity contribution < 1.29 is 9.59 Å². The fourth-order valence-corrected chi connectivity index (χ4v) is 5.48. The third-order valence-corrected chi connectivity index (χ3v) is 7.49. The number of nitrogens with zero attached hydrogens (tertiary/aromatic N) is 2. The lowest BCUT2D eigenvalue weighted by Crippen LogP contribution is -2.45. The van der Waals surface area contributed by atoms with E-state index in [1.54, 1.807) is 0 Å². The zero-order chi connectivity index (χ0) is 23.3. The summed E-state index contributed by atoms with van der Waals surface area (Å²) in [6, 6.07) is 26.2. The van der Waals surface area contributed by atoms with E-state index in [2.05, 4.69) is 62.9 Å². The largest absolute Gasteiger partial charge is 0.369 e. The Hall–Kier alpha value is -3.29. The maximum atomic E-state index is 12.6. The minimum absolute atomic E-state index is 0.124. The van der Waals surface area contributed by atoms with Crippen molar-refractivity contribution in [3.8, 4) is 0 Å². The van der Waals surface area contributed by atoms with E-state index in [9.17, 15) is 9.59 Å². The van der Waals surface area contributed by atoms with Crippen LogP contribution in [0, 0.1) is 0 Å². The number of carbonyl (C=O) groups is 2. The molecule has 34 heavy (non-hydrogen) atoms. The molecule has 0 aliphatic carbocycles. The van der Waals surface area contributed by atoms with Gasteiger partial charge in [-0.3, -0.25) is 14.5 Å². The van der Waals surface area contributed by atoms with Crippen LogP contribution in [0.5, 0.6) is 0 Å². The van der Waals surface area contributed by atoms with E-state index < -0.39 is 5.25 Å². The summed E-state index contributed by atoms with van der Waals surface area (Å²) >= 11 is 1.44.